The summed E-state index contributed by atoms with van der Waals surface area (Å²) in [6, 6.07) is 1.47. The smallest absolute Gasteiger partial charge is 0.0707 e. The van der Waals surface area contributed by atoms with Gasteiger partial charge in [-0.25, -0.2) is 0 Å². The number of nitrogens with one attached hydrogen (secondary N) is 1. The second-order valence-corrected chi connectivity index (χ2v) is 7.13. The summed E-state index contributed by atoms with van der Waals surface area (Å²) >= 11 is 0. The van der Waals surface area contributed by atoms with Crippen LogP contribution in [0.2, 0.25) is 0 Å². The molecule has 0 aromatic carbocycles. The lowest BCUT2D eigenvalue weighted by Crippen LogP contribution is -2.57. The predicted octanol–water partition coefficient (Wildman–Crippen LogP) is 2.80. The summed E-state index contributed by atoms with van der Waals surface area (Å²) in [6.45, 7) is 8.18. The highest BCUT2D eigenvalue weighted by Gasteiger charge is 2.40. The maximum atomic E-state index is 6.03. The van der Waals surface area contributed by atoms with Gasteiger partial charge < -0.3 is 10.1 Å². The van der Waals surface area contributed by atoms with Crippen LogP contribution in [0.25, 0.3) is 0 Å². The Hall–Kier alpha value is -0.120. The Labute approximate surface area is 124 Å². The minimum Gasteiger partial charge on any atom is -0.372 e. The van der Waals surface area contributed by atoms with Gasteiger partial charge in [0.05, 0.1) is 12.2 Å². The van der Waals surface area contributed by atoms with Gasteiger partial charge in [0.2, 0.25) is 0 Å². The first-order valence-corrected chi connectivity index (χ1v) is 8.93. The molecule has 5 unspecified atom stereocenters. The first-order valence-electron chi connectivity index (χ1n) is 8.93. The van der Waals surface area contributed by atoms with Gasteiger partial charge in [-0.05, 0) is 51.0 Å². The Bertz CT molecular complexity index is 297. The van der Waals surface area contributed by atoms with Crippen LogP contribution in [0.1, 0.15) is 58.8 Å². The molecule has 3 heteroatoms. The van der Waals surface area contributed by atoms with Crippen molar-refractivity contribution < 1.29 is 4.74 Å². The Kier molecular flexibility index (Phi) is 5.00. The molecule has 3 fully saturated rings. The largest absolute Gasteiger partial charge is 0.372 e. The van der Waals surface area contributed by atoms with Gasteiger partial charge in [0, 0.05) is 25.2 Å². The summed E-state index contributed by atoms with van der Waals surface area (Å²) in [4.78, 5) is 2.78. The summed E-state index contributed by atoms with van der Waals surface area (Å²) < 4.78 is 6.03. The third kappa shape index (κ3) is 3.20. The molecule has 20 heavy (non-hydrogen) atoms. The third-order valence-electron chi connectivity index (χ3n) is 5.70. The molecule has 1 aliphatic carbocycles. The maximum absolute atomic E-state index is 6.03. The van der Waals surface area contributed by atoms with Gasteiger partial charge in [-0.15, -0.1) is 0 Å². The van der Waals surface area contributed by atoms with Gasteiger partial charge in [-0.3, -0.25) is 4.90 Å². The Morgan fingerprint density at radius 3 is 2.45 bits per heavy atom. The minimum atomic E-state index is 0.530. The topological polar surface area (TPSA) is 24.5 Å². The summed E-state index contributed by atoms with van der Waals surface area (Å²) in [6.07, 6.45) is 10.4. The number of fused-ring (bicyclic) bond motifs is 2. The number of morpholine rings is 1. The van der Waals surface area contributed by atoms with E-state index in [0.29, 0.717) is 12.2 Å². The van der Waals surface area contributed by atoms with Crippen molar-refractivity contribution in [2.45, 2.75) is 83.1 Å². The Morgan fingerprint density at radius 1 is 1.05 bits per heavy atom. The van der Waals surface area contributed by atoms with Crippen molar-refractivity contribution in [3.05, 3.63) is 0 Å². The highest BCUT2D eigenvalue weighted by Crippen LogP contribution is 2.34. The van der Waals surface area contributed by atoms with E-state index in [9.17, 15) is 0 Å². The van der Waals surface area contributed by atoms with Crippen molar-refractivity contribution in [3.63, 3.8) is 0 Å². The molecule has 2 aliphatic heterocycles. The van der Waals surface area contributed by atoms with Crippen LogP contribution in [0.4, 0.5) is 0 Å². The molecule has 2 bridgehead atoms. The number of hydrogen-bond acceptors (Lipinski definition) is 3. The zero-order valence-corrected chi connectivity index (χ0v) is 13.3. The van der Waals surface area contributed by atoms with Crippen LogP contribution in [0.15, 0.2) is 0 Å². The predicted molar refractivity (Wildman–Crippen MR) is 83.0 cm³/mol. The standard InChI is InChI=1S/C17H32N2O/c1-3-9-18-16-8-5-13(4-2)10-17(16)19-11-14-6-7-15(12-19)20-14/h13-18H,3-12H2,1-2H3. The highest BCUT2D eigenvalue weighted by molar-refractivity contribution is 4.95. The van der Waals surface area contributed by atoms with Crippen LogP contribution < -0.4 is 5.32 Å². The van der Waals surface area contributed by atoms with Crippen LogP contribution in [-0.2, 0) is 4.74 Å². The molecular formula is C17H32N2O. The molecular weight excluding hydrogens is 248 g/mol. The average Bonchev–Trinajstić information content (AvgIpc) is 2.83. The van der Waals surface area contributed by atoms with Gasteiger partial charge >= 0.3 is 0 Å². The maximum Gasteiger partial charge on any atom is 0.0707 e. The van der Waals surface area contributed by atoms with E-state index in [1.165, 1.54) is 64.6 Å². The number of ether oxygens (including phenoxy) is 1. The number of likely N-dealkylation sites (tertiary alicyclic amines) is 1. The zero-order valence-electron chi connectivity index (χ0n) is 13.3. The van der Waals surface area contributed by atoms with E-state index in [1.54, 1.807) is 0 Å². The molecule has 1 N–H and O–H groups in total. The van der Waals surface area contributed by atoms with Crippen molar-refractivity contribution in [1.29, 1.82) is 0 Å². The number of rotatable bonds is 5. The molecule has 1 saturated carbocycles. The molecule has 0 aromatic rings. The van der Waals surface area contributed by atoms with Crippen molar-refractivity contribution in [1.82, 2.24) is 10.2 Å². The molecule has 5 atom stereocenters. The molecule has 116 valence electrons. The quantitative estimate of drug-likeness (QED) is 0.838. The molecule has 0 radical (unpaired) electrons. The second kappa shape index (κ2) is 6.76. The second-order valence-electron chi connectivity index (χ2n) is 7.13. The SMILES string of the molecule is CCCNC1CCC(CC)CC1N1CC2CCC(C1)O2. The minimum absolute atomic E-state index is 0.530. The van der Waals surface area contributed by atoms with Crippen LogP contribution in [0.3, 0.4) is 0 Å². The zero-order chi connectivity index (χ0) is 13.9. The van der Waals surface area contributed by atoms with Crippen LogP contribution in [0, 0.1) is 5.92 Å². The van der Waals surface area contributed by atoms with Crippen molar-refractivity contribution in [3.8, 4) is 0 Å². The highest BCUT2D eigenvalue weighted by atomic mass is 16.5. The molecule has 0 aromatic heterocycles. The van der Waals surface area contributed by atoms with Gasteiger partial charge in [0.25, 0.3) is 0 Å². The fourth-order valence-electron chi connectivity index (χ4n) is 4.49. The van der Waals surface area contributed by atoms with E-state index in [0.717, 1.165) is 18.0 Å². The average molecular weight is 280 g/mol. The molecule has 2 heterocycles. The van der Waals surface area contributed by atoms with Gasteiger partial charge in [-0.1, -0.05) is 20.3 Å². The number of hydrogen-bond donors (Lipinski definition) is 1. The van der Waals surface area contributed by atoms with Crippen LogP contribution in [0.5, 0.6) is 0 Å². The molecule has 3 rings (SSSR count). The van der Waals surface area contributed by atoms with E-state index in [-0.39, 0.29) is 0 Å². The van der Waals surface area contributed by atoms with E-state index >= 15 is 0 Å². The summed E-state index contributed by atoms with van der Waals surface area (Å²) in [5.74, 6) is 0.945. The Balaban J connectivity index is 1.65. The lowest BCUT2D eigenvalue weighted by Gasteiger charge is -2.46. The summed E-state index contributed by atoms with van der Waals surface area (Å²) in [5, 5.41) is 3.83. The fourth-order valence-corrected chi connectivity index (χ4v) is 4.49. The van der Waals surface area contributed by atoms with Crippen molar-refractivity contribution >= 4 is 0 Å². The van der Waals surface area contributed by atoms with Crippen LogP contribution in [-0.4, -0.2) is 48.8 Å². The van der Waals surface area contributed by atoms with E-state index < -0.39 is 0 Å². The summed E-state index contributed by atoms with van der Waals surface area (Å²) in [7, 11) is 0. The normalized spacial score (nSPS) is 42.0. The molecule has 3 nitrogen and oxygen atoms in total. The van der Waals surface area contributed by atoms with Gasteiger partial charge in [-0.2, -0.15) is 0 Å². The molecule has 0 spiro atoms. The van der Waals surface area contributed by atoms with Crippen molar-refractivity contribution in [2.75, 3.05) is 19.6 Å². The van der Waals surface area contributed by atoms with E-state index in [1.807, 2.05) is 0 Å². The summed E-state index contributed by atoms with van der Waals surface area (Å²) in [5.41, 5.74) is 0. The Morgan fingerprint density at radius 2 is 1.80 bits per heavy atom. The van der Waals surface area contributed by atoms with Crippen molar-refractivity contribution in [2.24, 2.45) is 5.92 Å². The van der Waals surface area contributed by atoms with E-state index in [4.69, 9.17) is 4.74 Å². The molecule has 0 amide bonds. The first-order chi connectivity index (χ1) is 9.80. The fraction of sp³-hybridized carbons (Fsp3) is 1.00. The lowest BCUT2D eigenvalue weighted by molar-refractivity contribution is -0.0657. The molecule has 2 saturated heterocycles. The first kappa shape index (κ1) is 14.8. The van der Waals surface area contributed by atoms with Gasteiger partial charge in [0.1, 0.15) is 0 Å². The lowest BCUT2D eigenvalue weighted by atomic mass is 9.80. The monoisotopic (exact) mass is 280 g/mol. The van der Waals surface area contributed by atoms with Gasteiger partial charge in [0.15, 0.2) is 0 Å². The third-order valence-corrected chi connectivity index (χ3v) is 5.70. The van der Waals surface area contributed by atoms with E-state index in [2.05, 4.69) is 24.1 Å². The van der Waals surface area contributed by atoms with Crippen LogP contribution >= 0.6 is 0 Å². The number of nitrogens with zero attached hydrogens (tertiary/aromatic N) is 1. The molecule has 3 aliphatic rings.